The number of carbonyl (C=O) groups excluding carboxylic acids is 1. The number of hydrogen-bond donors (Lipinski definition) is 1. The van der Waals surface area contributed by atoms with E-state index in [9.17, 15) is 14.9 Å². The van der Waals surface area contributed by atoms with Crippen LogP contribution in [0.3, 0.4) is 0 Å². The first-order chi connectivity index (χ1) is 10.5. The average molecular weight is 317 g/mol. The van der Waals surface area contributed by atoms with E-state index >= 15 is 0 Å². The Hall–Kier alpha value is -2.54. The average Bonchev–Trinajstić information content (AvgIpc) is 3.01. The van der Waals surface area contributed by atoms with Gasteiger partial charge in [-0.15, -0.1) is 11.3 Å². The number of hydrogen-bond acceptors (Lipinski definition) is 5. The van der Waals surface area contributed by atoms with E-state index in [4.69, 9.17) is 0 Å². The standard InChI is InChI=1S/C15H15N3O3S/c1-3-11-8-9-14(22-11)10(2)16-17-15(19)12-6-4-5-7-13(12)18(20)21/h4-9H,3H2,1-2H3,(H,17,19)/b16-10-. The van der Waals surface area contributed by atoms with Gasteiger partial charge in [0, 0.05) is 10.9 Å². The molecule has 1 heterocycles. The van der Waals surface area contributed by atoms with Gasteiger partial charge in [-0.05, 0) is 31.5 Å². The quantitative estimate of drug-likeness (QED) is 0.521. The summed E-state index contributed by atoms with van der Waals surface area (Å²) in [6.45, 7) is 3.85. The van der Waals surface area contributed by atoms with Crippen molar-refractivity contribution < 1.29 is 9.72 Å². The van der Waals surface area contributed by atoms with Crippen molar-refractivity contribution in [1.29, 1.82) is 0 Å². The molecule has 1 N–H and O–H groups in total. The van der Waals surface area contributed by atoms with Gasteiger partial charge < -0.3 is 0 Å². The van der Waals surface area contributed by atoms with Gasteiger partial charge in [0.05, 0.1) is 15.5 Å². The van der Waals surface area contributed by atoms with E-state index in [1.807, 2.05) is 12.1 Å². The third-order valence-corrected chi connectivity index (χ3v) is 4.38. The number of nitrogens with zero attached hydrogens (tertiary/aromatic N) is 2. The monoisotopic (exact) mass is 317 g/mol. The van der Waals surface area contributed by atoms with E-state index in [0.717, 1.165) is 11.3 Å². The van der Waals surface area contributed by atoms with Crippen molar-refractivity contribution in [2.24, 2.45) is 5.10 Å². The van der Waals surface area contributed by atoms with E-state index in [-0.39, 0.29) is 11.3 Å². The third kappa shape index (κ3) is 3.56. The fourth-order valence-electron chi connectivity index (χ4n) is 1.84. The van der Waals surface area contributed by atoms with E-state index in [1.54, 1.807) is 24.3 Å². The Balaban J connectivity index is 2.15. The molecule has 2 rings (SSSR count). The molecule has 0 fully saturated rings. The number of nitro benzene ring substituents is 1. The van der Waals surface area contributed by atoms with Crippen LogP contribution in [0.4, 0.5) is 5.69 Å². The first kappa shape index (κ1) is 15.8. The molecule has 1 aromatic carbocycles. The summed E-state index contributed by atoms with van der Waals surface area (Å²) >= 11 is 1.61. The Morgan fingerprint density at radius 3 is 2.68 bits per heavy atom. The summed E-state index contributed by atoms with van der Waals surface area (Å²) in [4.78, 5) is 24.6. The zero-order valence-electron chi connectivity index (χ0n) is 12.2. The maximum absolute atomic E-state index is 12.0. The molecule has 1 amide bonds. The molecule has 0 saturated carbocycles. The molecule has 22 heavy (non-hydrogen) atoms. The van der Waals surface area contributed by atoms with Crippen molar-refractivity contribution >= 4 is 28.6 Å². The highest BCUT2D eigenvalue weighted by Crippen LogP contribution is 2.19. The number of benzene rings is 1. The summed E-state index contributed by atoms with van der Waals surface area (Å²) in [6, 6.07) is 9.74. The Labute approximate surface area is 131 Å². The SMILES string of the molecule is CCc1ccc(/C(C)=N\NC(=O)c2ccccc2[N+](=O)[O-])s1. The van der Waals surface area contributed by atoms with Crippen LogP contribution >= 0.6 is 11.3 Å². The van der Waals surface area contributed by atoms with Crippen molar-refractivity contribution in [3.63, 3.8) is 0 Å². The minimum absolute atomic E-state index is 0.00974. The number of thiophene rings is 1. The Bertz CT molecular complexity index is 737. The van der Waals surface area contributed by atoms with Crippen molar-refractivity contribution in [3.05, 3.63) is 61.8 Å². The zero-order chi connectivity index (χ0) is 16.1. The number of rotatable bonds is 5. The van der Waals surface area contributed by atoms with Gasteiger partial charge in [0.1, 0.15) is 5.56 Å². The number of carbonyl (C=O) groups is 1. The van der Waals surface area contributed by atoms with Gasteiger partial charge in [0.25, 0.3) is 11.6 Å². The highest BCUT2D eigenvalue weighted by Gasteiger charge is 2.18. The van der Waals surface area contributed by atoms with E-state index in [2.05, 4.69) is 17.5 Å². The summed E-state index contributed by atoms with van der Waals surface area (Å²) < 4.78 is 0. The Morgan fingerprint density at radius 2 is 2.05 bits per heavy atom. The predicted octanol–water partition coefficient (Wildman–Crippen LogP) is 3.37. The first-order valence-electron chi connectivity index (χ1n) is 6.70. The normalized spacial score (nSPS) is 11.3. The number of amides is 1. The van der Waals surface area contributed by atoms with Crippen LogP contribution in [0, 0.1) is 10.1 Å². The lowest BCUT2D eigenvalue weighted by Crippen LogP contribution is -2.20. The van der Waals surface area contributed by atoms with E-state index in [0.29, 0.717) is 5.71 Å². The summed E-state index contributed by atoms with van der Waals surface area (Å²) in [5, 5.41) is 14.9. The van der Waals surface area contributed by atoms with Crippen LogP contribution in [0.15, 0.2) is 41.5 Å². The molecule has 1 aromatic heterocycles. The topological polar surface area (TPSA) is 84.6 Å². The molecule has 114 valence electrons. The van der Waals surface area contributed by atoms with Gasteiger partial charge in [0.2, 0.25) is 0 Å². The van der Waals surface area contributed by atoms with E-state index < -0.39 is 10.8 Å². The fourth-order valence-corrected chi connectivity index (χ4v) is 2.73. The Kier molecular flexibility index (Phi) is 5.00. The molecule has 2 aromatic rings. The van der Waals surface area contributed by atoms with Crippen molar-refractivity contribution in [2.45, 2.75) is 20.3 Å². The Morgan fingerprint density at radius 1 is 1.32 bits per heavy atom. The fraction of sp³-hybridized carbons (Fsp3) is 0.200. The second-order valence-electron chi connectivity index (χ2n) is 4.53. The molecule has 7 heteroatoms. The molecule has 6 nitrogen and oxygen atoms in total. The number of nitrogens with one attached hydrogen (secondary N) is 1. The summed E-state index contributed by atoms with van der Waals surface area (Å²) in [5.74, 6) is -0.598. The van der Waals surface area contributed by atoms with Crippen LogP contribution in [-0.4, -0.2) is 16.5 Å². The lowest BCUT2D eigenvalue weighted by atomic mass is 10.2. The number of para-hydroxylation sites is 1. The van der Waals surface area contributed by atoms with Gasteiger partial charge in [-0.2, -0.15) is 5.10 Å². The van der Waals surface area contributed by atoms with Crippen molar-refractivity contribution in [2.75, 3.05) is 0 Å². The maximum Gasteiger partial charge on any atom is 0.282 e. The second-order valence-corrected chi connectivity index (χ2v) is 5.70. The van der Waals surface area contributed by atoms with Gasteiger partial charge in [-0.1, -0.05) is 19.1 Å². The van der Waals surface area contributed by atoms with Crippen LogP contribution < -0.4 is 5.43 Å². The molecule has 0 unspecified atom stereocenters. The molecular formula is C15H15N3O3S. The third-order valence-electron chi connectivity index (χ3n) is 3.04. The van der Waals surface area contributed by atoms with Crippen LogP contribution in [0.1, 0.15) is 34.0 Å². The molecular weight excluding hydrogens is 302 g/mol. The molecule has 0 saturated heterocycles. The highest BCUT2D eigenvalue weighted by molar-refractivity contribution is 7.14. The number of aryl methyl sites for hydroxylation is 1. The minimum Gasteiger partial charge on any atom is -0.267 e. The van der Waals surface area contributed by atoms with Gasteiger partial charge in [-0.3, -0.25) is 14.9 Å². The maximum atomic E-state index is 12.0. The number of nitro groups is 1. The highest BCUT2D eigenvalue weighted by atomic mass is 32.1. The molecule has 0 radical (unpaired) electrons. The second kappa shape index (κ2) is 6.95. The summed E-state index contributed by atoms with van der Waals surface area (Å²) in [5.41, 5.74) is 2.79. The minimum atomic E-state index is -0.598. The molecule has 0 aliphatic rings. The lowest BCUT2D eigenvalue weighted by molar-refractivity contribution is -0.385. The van der Waals surface area contributed by atoms with Gasteiger partial charge >= 0.3 is 0 Å². The zero-order valence-corrected chi connectivity index (χ0v) is 13.0. The first-order valence-corrected chi connectivity index (χ1v) is 7.51. The van der Waals surface area contributed by atoms with Crippen LogP contribution in [0.5, 0.6) is 0 Å². The predicted molar refractivity (Wildman–Crippen MR) is 86.5 cm³/mol. The summed E-state index contributed by atoms with van der Waals surface area (Å²) in [7, 11) is 0. The number of hydrazone groups is 1. The molecule has 0 atom stereocenters. The smallest absolute Gasteiger partial charge is 0.267 e. The molecule has 0 aliphatic heterocycles. The van der Waals surface area contributed by atoms with Crippen LogP contribution in [0.25, 0.3) is 0 Å². The van der Waals surface area contributed by atoms with E-state index in [1.165, 1.54) is 23.1 Å². The van der Waals surface area contributed by atoms with Crippen molar-refractivity contribution in [3.8, 4) is 0 Å². The lowest BCUT2D eigenvalue weighted by Gasteiger charge is -2.02. The molecule has 0 bridgehead atoms. The summed E-state index contributed by atoms with van der Waals surface area (Å²) in [6.07, 6.45) is 0.945. The van der Waals surface area contributed by atoms with Crippen LogP contribution in [0.2, 0.25) is 0 Å². The molecule has 0 aliphatic carbocycles. The van der Waals surface area contributed by atoms with Gasteiger partial charge in [-0.25, -0.2) is 5.43 Å². The largest absolute Gasteiger partial charge is 0.282 e. The van der Waals surface area contributed by atoms with Gasteiger partial charge in [0.15, 0.2) is 0 Å². The van der Waals surface area contributed by atoms with Crippen LogP contribution in [-0.2, 0) is 6.42 Å². The molecule has 0 spiro atoms. The van der Waals surface area contributed by atoms with Crippen molar-refractivity contribution in [1.82, 2.24) is 5.43 Å².